The van der Waals surface area contributed by atoms with Crippen LogP contribution < -0.4 is 0 Å². The first-order valence-electron chi connectivity index (χ1n) is 6.26. The normalized spacial score (nSPS) is 21.8. The van der Waals surface area contributed by atoms with Crippen molar-refractivity contribution in [2.45, 2.75) is 64.6 Å². The van der Waals surface area contributed by atoms with Gasteiger partial charge in [-0.1, -0.05) is 39.0 Å². The molecule has 3 heteroatoms. The zero-order chi connectivity index (χ0) is 12.0. The minimum Gasteiger partial charge on any atom is -0.455 e. The molecular formula is C13H22O3. The van der Waals surface area contributed by atoms with Gasteiger partial charge in [-0.05, 0) is 19.4 Å². The summed E-state index contributed by atoms with van der Waals surface area (Å²) in [6, 6.07) is 0. The number of carbonyl (C=O) groups is 1. The second-order valence-electron chi connectivity index (χ2n) is 4.45. The zero-order valence-electron chi connectivity index (χ0n) is 10.2. The van der Waals surface area contributed by atoms with Gasteiger partial charge < -0.3 is 9.84 Å². The summed E-state index contributed by atoms with van der Waals surface area (Å²) in [7, 11) is 0. The summed E-state index contributed by atoms with van der Waals surface area (Å²) < 4.78 is 4.95. The number of hydrogen-bond acceptors (Lipinski definition) is 3. The number of aliphatic hydroxyl groups is 1. The first-order valence-corrected chi connectivity index (χ1v) is 6.26. The van der Waals surface area contributed by atoms with E-state index in [0.717, 1.165) is 12.8 Å². The Morgan fingerprint density at radius 2 is 2.06 bits per heavy atom. The van der Waals surface area contributed by atoms with E-state index in [-0.39, 0.29) is 12.1 Å². The number of unbranched alkanes of at least 4 members (excludes halogenated alkanes) is 4. The van der Waals surface area contributed by atoms with Crippen molar-refractivity contribution in [3.63, 3.8) is 0 Å². The molecule has 0 aromatic rings. The third-order valence-corrected chi connectivity index (χ3v) is 2.88. The molecule has 92 valence electrons. The van der Waals surface area contributed by atoms with E-state index in [1.54, 1.807) is 13.0 Å². The van der Waals surface area contributed by atoms with Crippen LogP contribution in [0.4, 0.5) is 0 Å². The predicted octanol–water partition coefficient (Wildman–Crippen LogP) is 2.58. The van der Waals surface area contributed by atoms with Gasteiger partial charge in [-0.25, -0.2) is 4.79 Å². The minimum absolute atomic E-state index is 0.183. The zero-order valence-corrected chi connectivity index (χ0v) is 10.2. The van der Waals surface area contributed by atoms with Gasteiger partial charge in [-0.2, -0.15) is 0 Å². The number of cyclic esters (lactones) is 1. The SMILES string of the molecule is CCCCCCCC(O)C1=C[C@H](C)OC1=O. The molecule has 1 N–H and O–H groups in total. The molecule has 0 aromatic carbocycles. The molecule has 0 saturated carbocycles. The van der Waals surface area contributed by atoms with Crippen LogP contribution in [-0.2, 0) is 9.53 Å². The number of hydrogen-bond donors (Lipinski definition) is 1. The van der Waals surface area contributed by atoms with Gasteiger partial charge in [0.1, 0.15) is 6.10 Å². The maximum Gasteiger partial charge on any atom is 0.337 e. The molecule has 0 radical (unpaired) electrons. The van der Waals surface area contributed by atoms with E-state index in [0.29, 0.717) is 12.0 Å². The summed E-state index contributed by atoms with van der Waals surface area (Å²) in [5.41, 5.74) is 0.447. The Morgan fingerprint density at radius 1 is 1.38 bits per heavy atom. The Bertz CT molecular complexity index is 258. The Balaban J connectivity index is 2.22. The lowest BCUT2D eigenvalue weighted by Crippen LogP contribution is -2.16. The summed E-state index contributed by atoms with van der Waals surface area (Å²) in [6.07, 6.45) is 7.34. The van der Waals surface area contributed by atoms with Crippen molar-refractivity contribution in [1.29, 1.82) is 0 Å². The average Bonchev–Trinajstić information content (AvgIpc) is 2.57. The molecule has 0 amide bonds. The Hall–Kier alpha value is -0.830. The first-order chi connectivity index (χ1) is 7.65. The van der Waals surface area contributed by atoms with Gasteiger partial charge in [-0.15, -0.1) is 0 Å². The quantitative estimate of drug-likeness (QED) is 0.536. The van der Waals surface area contributed by atoms with Crippen molar-refractivity contribution in [2.24, 2.45) is 0 Å². The monoisotopic (exact) mass is 226 g/mol. The van der Waals surface area contributed by atoms with Crippen LogP contribution in [0.1, 0.15) is 52.4 Å². The molecule has 0 bridgehead atoms. The van der Waals surface area contributed by atoms with Gasteiger partial charge in [0.25, 0.3) is 0 Å². The number of ether oxygens (including phenoxy) is 1. The van der Waals surface area contributed by atoms with Gasteiger partial charge in [-0.3, -0.25) is 0 Å². The lowest BCUT2D eigenvalue weighted by Gasteiger charge is -2.09. The van der Waals surface area contributed by atoms with Crippen molar-refractivity contribution in [3.05, 3.63) is 11.6 Å². The van der Waals surface area contributed by atoms with E-state index in [2.05, 4.69) is 6.92 Å². The second kappa shape index (κ2) is 6.69. The predicted molar refractivity (Wildman–Crippen MR) is 63.0 cm³/mol. The van der Waals surface area contributed by atoms with E-state index in [4.69, 9.17) is 4.74 Å². The highest BCUT2D eigenvalue weighted by Crippen LogP contribution is 2.20. The molecule has 1 aliphatic rings. The summed E-state index contributed by atoms with van der Waals surface area (Å²) in [5, 5.41) is 9.82. The third kappa shape index (κ3) is 3.97. The topological polar surface area (TPSA) is 46.5 Å². The molecule has 1 heterocycles. The fraction of sp³-hybridized carbons (Fsp3) is 0.769. The van der Waals surface area contributed by atoms with Gasteiger partial charge in [0.15, 0.2) is 0 Å². The highest BCUT2D eigenvalue weighted by atomic mass is 16.5. The average molecular weight is 226 g/mol. The number of aliphatic hydroxyl groups excluding tert-OH is 1. The molecule has 0 aromatic heterocycles. The van der Waals surface area contributed by atoms with Crippen LogP contribution in [0.5, 0.6) is 0 Å². The Labute approximate surface area is 97.5 Å². The molecule has 0 spiro atoms. The smallest absolute Gasteiger partial charge is 0.337 e. The lowest BCUT2D eigenvalue weighted by atomic mass is 10.0. The van der Waals surface area contributed by atoms with E-state index < -0.39 is 6.10 Å². The largest absolute Gasteiger partial charge is 0.455 e. The fourth-order valence-electron chi connectivity index (χ4n) is 1.94. The molecule has 2 atom stereocenters. The van der Waals surface area contributed by atoms with Crippen molar-refractivity contribution >= 4 is 5.97 Å². The van der Waals surface area contributed by atoms with Gasteiger partial charge in [0.2, 0.25) is 0 Å². The van der Waals surface area contributed by atoms with E-state index in [1.807, 2.05) is 0 Å². The van der Waals surface area contributed by atoms with Gasteiger partial charge in [0, 0.05) is 0 Å². The fourth-order valence-corrected chi connectivity index (χ4v) is 1.94. The molecule has 1 unspecified atom stereocenters. The van der Waals surface area contributed by atoms with Crippen LogP contribution in [0.25, 0.3) is 0 Å². The molecule has 0 aliphatic carbocycles. The van der Waals surface area contributed by atoms with E-state index >= 15 is 0 Å². The molecule has 1 aliphatic heterocycles. The molecule has 0 fully saturated rings. The maximum atomic E-state index is 11.3. The number of esters is 1. The maximum absolute atomic E-state index is 11.3. The lowest BCUT2D eigenvalue weighted by molar-refractivity contribution is -0.139. The van der Waals surface area contributed by atoms with Crippen molar-refractivity contribution < 1.29 is 14.6 Å². The highest BCUT2D eigenvalue weighted by molar-refractivity contribution is 5.91. The Kier molecular flexibility index (Phi) is 5.53. The van der Waals surface area contributed by atoms with Gasteiger partial charge in [0.05, 0.1) is 11.7 Å². The van der Waals surface area contributed by atoms with Crippen LogP contribution in [0.15, 0.2) is 11.6 Å². The van der Waals surface area contributed by atoms with Crippen LogP contribution in [0, 0.1) is 0 Å². The van der Waals surface area contributed by atoms with E-state index in [1.165, 1.54) is 19.3 Å². The van der Waals surface area contributed by atoms with Crippen LogP contribution >= 0.6 is 0 Å². The summed E-state index contributed by atoms with van der Waals surface area (Å²) in [5.74, 6) is -0.353. The minimum atomic E-state index is -0.640. The number of carbonyl (C=O) groups excluding carboxylic acids is 1. The summed E-state index contributed by atoms with van der Waals surface area (Å²) in [6.45, 7) is 3.98. The van der Waals surface area contributed by atoms with Crippen molar-refractivity contribution in [2.75, 3.05) is 0 Å². The molecule has 3 nitrogen and oxygen atoms in total. The Morgan fingerprint density at radius 3 is 2.62 bits per heavy atom. The van der Waals surface area contributed by atoms with Crippen molar-refractivity contribution in [3.8, 4) is 0 Å². The van der Waals surface area contributed by atoms with Crippen LogP contribution in [-0.4, -0.2) is 23.3 Å². The van der Waals surface area contributed by atoms with E-state index in [9.17, 15) is 9.90 Å². The molecule has 1 rings (SSSR count). The van der Waals surface area contributed by atoms with Crippen molar-refractivity contribution in [1.82, 2.24) is 0 Å². The standard InChI is InChI=1S/C13H22O3/c1-3-4-5-6-7-8-12(14)11-9-10(2)16-13(11)15/h9-10,12,14H,3-8H2,1-2H3/t10-,12?/m0/s1. The van der Waals surface area contributed by atoms with Crippen LogP contribution in [0.2, 0.25) is 0 Å². The molecule has 16 heavy (non-hydrogen) atoms. The molecular weight excluding hydrogens is 204 g/mol. The molecule has 0 saturated heterocycles. The third-order valence-electron chi connectivity index (χ3n) is 2.88. The van der Waals surface area contributed by atoms with Crippen LogP contribution in [0.3, 0.4) is 0 Å². The second-order valence-corrected chi connectivity index (χ2v) is 4.45. The summed E-state index contributed by atoms with van der Waals surface area (Å²) >= 11 is 0. The number of rotatable bonds is 7. The summed E-state index contributed by atoms with van der Waals surface area (Å²) in [4.78, 5) is 11.3. The first kappa shape index (κ1) is 13.2. The highest BCUT2D eigenvalue weighted by Gasteiger charge is 2.27. The van der Waals surface area contributed by atoms with Gasteiger partial charge >= 0.3 is 5.97 Å².